The van der Waals surface area contributed by atoms with E-state index in [9.17, 15) is 4.79 Å². The summed E-state index contributed by atoms with van der Waals surface area (Å²) >= 11 is 6.14. The molecule has 3 aromatic carbocycles. The molecular weight excluding hydrogens is 368 g/mol. The Bertz CT molecular complexity index is 1130. The molecule has 0 fully saturated rings. The number of aromatic nitrogens is 1. The van der Waals surface area contributed by atoms with Crippen molar-refractivity contribution < 1.29 is 4.79 Å². The van der Waals surface area contributed by atoms with Gasteiger partial charge in [-0.25, -0.2) is 0 Å². The van der Waals surface area contributed by atoms with Crippen LogP contribution >= 0.6 is 11.6 Å². The van der Waals surface area contributed by atoms with Gasteiger partial charge in [0.1, 0.15) is 0 Å². The minimum Gasteiger partial charge on any atom is -0.345 e. The van der Waals surface area contributed by atoms with Gasteiger partial charge in [0.15, 0.2) is 0 Å². The van der Waals surface area contributed by atoms with Crippen LogP contribution in [0.4, 0.5) is 5.69 Å². The molecule has 28 heavy (non-hydrogen) atoms. The van der Waals surface area contributed by atoms with Crippen LogP contribution in [0.25, 0.3) is 10.9 Å². The summed E-state index contributed by atoms with van der Waals surface area (Å²) in [5.41, 5.74) is 4.95. The van der Waals surface area contributed by atoms with Crippen molar-refractivity contribution in [1.29, 1.82) is 0 Å². The molecule has 1 heterocycles. The van der Waals surface area contributed by atoms with Crippen LogP contribution in [0.3, 0.4) is 0 Å². The summed E-state index contributed by atoms with van der Waals surface area (Å²) in [6.07, 6.45) is 0.880. The Morgan fingerprint density at radius 3 is 2.46 bits per heavy atom. The van der Waals surface area contributed by atoms with Crippen molar-refractivity contribution in [3.05, 3.63) is 101 Å². The highest BCUT2D eigenvalue weighted by atomic mass is 35.5. The third-order valence-corrected chi connectivity index (χ3v) is 5.24. The number of rotatable bonds is 5. The molecule has 4 aromatic rings. The van der Waals surface area contributed by atoms with E-state index >= 15 is 0 Å². The predicted octanol–water partition coefficient (Wildman–Crippen LogP) is 6.16. The first-order chi connectivity index (χ1) is 13.7. The fraction of sp³-hybridized carbons (Fsp3) is 0.125. The van der Waals surface area contributed by atoms with E-state index in [0.29, 0.717) is 10.6 Å². The Labute approximate surface area is 169 Å². The Morgan fingerprint density at radius 1 is 0.964 bits per heavy atom. The number of fused-ring (bicyclic) bond motifs is 1. The van der Waals surface area contributed by atoms with Gasteiger partial charge >= 0.3 is 0 Å². The van der Waals surface area contributed by atoms with Crippen molar-refractivity contribution in [3.63, 3.8) is 0 Å². The first-order valence-electron chi connectivity index (χ1n) is 9.37. The quantitative estimate of drug-likeness (QED) is 0.436. The van der Waals surface area contributed by atoms with E-state index in [0.717, 1.165) is 24.0 Å². The maximum Gasteiger partial charge on any atom is 0.257 e. The normalized spacial score (nSPS) is 10.9. The van der Waals surface area contributed by atoms with Gasteiger partial charge in [0.05, 0.1) is 10.6 Å². The third kappa shape index (κ3) is 3.67. The average Bonchev–Trinajstić information content (AvgIpc) is 3.05. The number of amides is 1. The van der Waals surface area contributed by atoms with Crippen molar-refractivity contribution >= 4 is 34.1 Å². The number of benzene rings is 3. The van der Waals surface area contributed by atoms with E-state index in [2.05, 4.69) is 53.2 Å². The van der Waals surface area contributed by atoms with Gasteiger partial charge in [-0.15, -0.1) is 0 Å². The van der Waals surface area contributed by atoms with Gasteiger partial charge in [-0.1, -0.05) is 54.1 Å². The molecule has 4 rings (SSSR count). The molecule has 0 atom stereocenters. The van der Waals surface area contributed by atoms with Crippen LogP contribution in [0.2, 0.25) is 5.02 Å². The molecule has 0 aliphatic heterocycles. The van der Waals surface area contributed by atoms with Gasteiger partial charge in [-0.3, -0.25) is 4.79 Å². The Morgan fingerprint density at radius 2 is 1.71 bits per heavy atom. The topological polar surface area (TPSA) is 34.0 Å². The average molecular weight is 389 g/mol. The van der Waals surface area contributed by atoms with Gasteiger partial charge in [0.25, 0.3) is 5.91 Å². The van der Waals surface area contributed by atoms with Gasteiger partial charge in [0.2, 0.25) is 0 Å². The molecule has 0 aliphatic carbocycles. The maximum absolute atomic E-state index is 12.5. The first-order valence-corrected chi connectivity index (χ1v) is 9.75. The van der Waals surface area contributed by atoms with E-state index in [-0.39, 0.29) is 5.91 Å². The second kappa shape index (κ2) is 7.91. The minimum absolute atomic E-state index is 0.204. The van der Waals surface area contributed by atoms with Crippen LogP contribution < -0.4 is 5.32 Å². The van der Waals surface area contributed by atoms with Crippen molar-refractivity contribution in [3.8, 4) is 0 Å². The second-order valence-electron chi connectivity index (χ2n) is 6.75. The molecule has 0 spiro atoms. The number of halogens is 1. The number of hydrogen-bond donors (Lipinski definition) is 1. The highest BCUT2D eigenvalue weighted by Gasteiger charge is 2.12. The zero-order valence-corrected chi connectivity index (χ0v) is 16.4. The molecular formula is C24H21ClN2O. The van der Waals surface area contributed by atoms with Crippen LogP contribution in [0.5, 0.6) is 0 Å². The zero-order chi connectivity index (χ0) is 19.5. The number of nitrogens with one attached hydrogen (secondary N) is 1. The highest BCUT2D eigenvalue weighted by molar-refractivity contribution is 6.34. The molecule has 0 saturated heterocycles. The summed E-state index contributed by atoms with van der Waals surface area (Å²) in [7, 11) is 0. The van der Waals surface area contributed by atoms with E-state index in [1.54, 1.807) is 18.2 Å². The summed E-state index contributed by atoms with van der Waals surface area (Å²) < 4.78 is 2.32. The van der Waals surface area contributed by atoms with E-state index in [1.165, 1.54) is 16.8 Å². The summed E-state index contributed by atoms with van der Waals surface area (Å²) in [4.78, 5) is 12.5. The molecule has 140 valence electrons. The number of nitrogens with zero attached hydrogens (tertiary/aromatic N) is 1. The van der Waals surface area contributed by atoms with Crippen molar-refractivity contribution in [2.75, 3.05) is 5.32 Å². The molecule has 0 radical (unpaired) electrons. The fourth-order valence-electron chi connectivity index (χ4n) is 3.57. The highest BCUT2D eigenvalue weighted by Crippen LogP contribution is 2.26. The monoisotopic (exact) mass is 388 g/mol. The smallest absolute Gasteiger partial charge is 0.257 e. The van der Waals surface area contributed by atoms with Crippen molar-refractivity contribution in [2.24, 2.45) is 0 Å². The largest absolute Gasteiger partial charge is 0.345 e. The number of anilines is 1. The number of carbonyl (C=O) groups is 1. The Balaban J connectivity index is 1.64. The van der Waals surface area contributed by atoms with Crippen LogP contribution in [-0.4, -0.2) is 10.5 Å². The summed E-state index contributed by atoms with van der Waals surface area (Å²) in [6, 6.07) is 25.7. The third-order valence-electron chi connectivity index (χ3n) is 4.91. The van der Waals surface area contributed by atoms with Crippen LogP contribution in [0.1, 0.15) is 28.5 Å². The fourth-order valence-corrected chi connectivity index (χ4v) is 3.80. The lowest BCUT2D eigenvalue weighted by Crippen LogP contribution is -2.12. The number of carbonyl (C=O) groups excluding carboxylic acids is 1. The summed E-state index contributed by atoms with van der Waals surface area (Å²) in [5.74, 6) is -0.204. The lowest BCUT2D eigenvalue weighted by atomic mass is 10.1. The molecule has 4 heteroatoms. The molecule has 0 bridgehead atoms. The molecule has 1 amide bonds. The number of aryl methyl sites for hydroxylation is 1. The summed E-state index contributed by atoms with van der Waals surface area (Å²) in [5, 5.41) is 4.52. The van der Waals surface area contributed by atoms with E-state index < -0.39 is 0 Å². The molecule has 1 N–H and O–H groups in total. The minimum atomic E-state index is -0.204. The molecule has 1 aromatic heterocycles. The lowest BCUT2D eigenvalue weighted by molar-refractivity contribution is 0.102. The van der Waals surface area contributed by atoms with Crippen LogP contribution in [-0.2, 0) is 13.0 Å². The molecule has 3 nitrogen and oxygen atoms in total. The molecule has 0 unspecified atom stereocenters. The van der Waals surface area contributed by atoms with Crippen molar-refractivity contribution in [1.82, 2.24) is 4.57 Å². The maximum atomic E-state index is 12.5. The Kier molecular flexibility index (Phi) is 5.18. The van der Waals surface area contributed by atoms with Gasteiger partial charge in [0, 0.05) is 35.2 Å². The van der Waals surface area contributed by atoms with Gasteiger partial charge < -0.3 is 9.88 Å². The first kappa shape index (κ1) is 18.3. The second-order valence-corrected chi connectivity index (χ2v) is 7.16. The summed E-state index contributed by atoms with van der Waals surface area (Å²) in [6.45, 7) is 3.05. The zero-order valence-electron chi connectivity index (χ0n) is 15.7. The lowest BCUT2D eigenvalue weighted by Gasteiger charge is -2.09. The SMILES string of the molecule is CCn1c(Cc2ccccc2)cc2cc(NC(=O)c3ccccc3Cl)ccc21. The molecule has 0 aliphatic rings. The van der Waals surface area contributed by atoms with E-state index in [4.69, 9.17) is 11.6 Å². The van der Waals surface area contributed by atoms with Gasteiger partial charge in [-0.05, 0) is 48.9 Å². The predicted molar refractivity (Wildman–Crippen MR) is 116 cm³/mol. The van der Waals surface area contributed by atoms with Crippen LogP contribution in [0.15, 0.2) is 78.9 Å². The van der Waals surface area contributed by atoms with E-state index in [1.807, 2.05) is 24.3 Å². The van der Waals surface area contributed by atoms with Crippen LogP contribution in [0, 0.1) is 0 Å². The standard InChI is InChI=1S/C24H21ClN2O/c1-2-27-20(14-17-8-4-3-5-9-17)16-18-15-19(12-13-23(18)27)26-24(28)21-10-6-7-11-22(21)25/h3-13,15-16H,2,14H2,1H3,(H,26,28). The van der Waals surface area contributed by atoms with Crippen molar-refractivity contribution in [2.45, 2.75) is 19.9 Å². The Hall–Kier alpha value is -3.04. The van der Waals surface area contributed by atoms with Gasteiger partial charge in [-0.2, -0.15) is 0 Å². The number of hydrogen-bond acceptors (Lipinski definition) is 1. The molecule has 0 saturated carbocycles.